The first-order valence-electron chi connectivity index (χ1n) is 17.6. The van der Waals surface area contributed by atoms with Crippen molar-refractivity contribution in [1.82, 2.24) is 4.57 Å². The van der Waals surface area contributed by atoms with E-state index in [1.807, 2.05) is 0 Å². The normalized spacial score (nSPS) is 14.5. The Hall–Kier alpha value is -6.03. The van der Waals surface area contributed by atoms with Gasteiger partial charge < -0.3 is 8.98 Å². The zero-order valence-corrected chi connectivity index (χ0v) is 29.0. The standard InChI is InChI=1S/C48H31NOS/c1-51(2)44-17-8-5-12-33(44)34-22-20-30(26-45(34)51)29-21-23-40-37(24-29)32-11-3-6-15-39(32)49(40)41-27-38-47-31(19-18-28-10-9-14-35(41)46(28)47)25-43-48(38)36-13-4-7-16-42(36)50-43/h3-27H,1-2H3. The summed E-state index contributed by atoms with van der Waals surface area (Å²) in [7, 11) is -1.09. The third-order valence-corrected chi connectivity index (χ3v) is 14.5. The van der Waals surface area contributed by atoms with Gasteiger partial charge in [-0.2, -0.15) is 10.0 Å². The molecule has 1 aliphatic rings. The molecule has 0 atom stereocenters. The highest BCUT2D eigenvalue weighted by Crippen LogP contribution is 2.67. The number of benzene rings is 9. The molecule has 0 saturated heterocycles. The third-order valence-electron chi connectivity index (χ3n) is 11.6. The van der Waals surface area contributed by atoms with Crippen molar-refractivity contribution in [2.24, 2.45) is 0 Å². The maximum atomic E-state index is 6.48. The molecule has 9 aromatic carbocycles. The highest BCUT2D eigenvalue weighted by Gasteiger charge is 2.31. The van der Waals surface area contributed by atoms with Crippen molar-refractivity contribution >= 4 is 86.1 Å². The van der Waals surface area contributed by atoms with Crippen molar-refractivity contribution in [2.45, 2.75) is 9.79 Å². The van der Waals surface area contributed by atoms with Crippen LogP contribution in [0.25, 0.3) is 104 Å². The Bertz CT molecular complexity index is 3290. The lowest BCUT2D eigenvalue weighted by atomic mass is 9.91. The number of nitrogens with zero attached hydrogens (tertiary/aromatic N) is 1. The fraction of sp³-hybridized carbons (Fsp3) is 0.0417. The summed E-state index contributed by atoms with van der Waals surface area (Å²) in [6, 6.07) is 56.5. The van der Waals surface area contributed by atoms with E-state index in [4.69, 9.17) is 4.42 Å². The van der Waals surface area contributed by atoms with E-state index in [0.29, 0.717) is 0 Å². The lowest BCUT2D eigenvalue weighted by Gasteiger charge is -2.28. The van der Waals surface area contributed by atoms with Gasteiger partial charge in [-0.15, -0.1) is 0 Å². The summed E-state index contributed by atoms with van der Waals surface area (Å²) in [4.78, 5) is 2.97. The molecule has 12 rings (SSSR count). The molecule has 240 valence electrons. The summed E-state index contributed by atoms with van der Waals surface area (Å²) in [5.41, 5.74) is 10.8. The van der Waals surface area contributed by atoms with Crippen molar-refractivity contribution in [2.75, 3.05) is 12.5 Å². The second kappa shape index (κ2) is 9.60. The van der Waals surface area contributed by atoms with Crippen LogP contribution in [0.5, 0.6) is 0 Å². The van der Waals surface area contributed by atoms with Gasteiger partial charge in [0, 0.05) is 36.7 Å². The Kier molecular flexibility index (Phi) is 5.22. The molecule has 0 aliphatic carbocycles. The van der Waals surface area contributed by atoms with E-state index in [1.54, 1.807) is 0 Å². The Morgan fingerprint density at radius 3 is 2.08 bits per heavy atom. The molecule has 11 aromatic rings. The van der Waals surface area contributed by atoms with Gasteiger partial charge in [-0.1, -0.05) is 103 Å². The van der Waals surface area contributed by atoms with Crippen molar-refractivity contribution in [3.05, 3.63) is 152 Å². The molecule has 3 heterocycles. The van der Waals surface area contributed by atoms with Crippen molar-refractivity contribution < 1.29 is 4.42 Å². The van der Waals surface area contributed by atoms with Gasteiger partial charge in [-0.25, -0.2) is 0 Å². The molecular formula is C48H31NOS. The van der Waals surface area contributed by atoms with Crippen LogP contribution < -0.4 is 0 Å². The maximum Gasteiger partial charge on any atom is 0.136 e. The fourth-order valence-corrected chi connectivity index (χ4v) is 11.8. The summed E-state index contributed by atoms with van der Waals surface area (Å²) < 4.78 is 8.98. The van der Waals surface area contributed by atoms with E-state index in [-0.39, 0.29) is 0 Å². The first-order chi connectivity index (χ1) is 25.0. The summed E-state index contributed by atoms with van der Waals surface area (Å²) in [5, 5.41) is 12.4. The van der Waals surface area contributed by atoms with Gasteiger partial charge in [-0.3, -0.25) is 0 Å². The number of furan rings is 1. The molecule has 2 aromatic heterocycles. The van der Waals surface area contributed by atoms with Crippen LogP contribution in [-0.4, -0.2) is 17.1 Å². The molecule has 0 bridgehead atoms. The minimum atomic E-state index is -1.09. The van der Waals surface area contributed by atoms with Gasteiger partial charge >= 0.3 is 0 Å². The lowest BCUT2D eigenvalue weighted by Crippen LogP contribution is -1.97. The second-order valence-corrected chi connectivity index (χ2v) is 18.0. The molecule has 0 N–H and O–H groups in total. The summed E-state index contributed by atoms with van der Waals surface area (Å²) in [6.45, 7) is 0. The second-order valence-electron chi connectivity index (χ2n) is 14.5. The molecule has 51 heavy (non-hydrogen) atoms. The average molecular weight is 670 g/mol. The molecule has 0 fully saturated rings. The average Bonchev–Trinajstić information content (AvgIpc) is 3.78. The molecule has 3 heteroatoms. The largest absolute Gasteiger partial charge is 0.456 e. The van der Waals surface area contributed by atoms with Gasteiger partial charge in [0.2, 0.25) is 0 Å². The fourth-order valence-electron chi connectivity index (χ4n) is 9.28. The molecule has 0 radical (unpaired) electrons. The minimum absolute atomic E-state index is 0.925. The monoisotopic (exact) mass is 669 g/mol. The Labute approximate surface area is 295 Å². The molecule has 2 nitrogen and oxygen atoms in total. The number of hydrogen-bond acceptors (Lipinski definition) is 1. The number of para-hydroxylation sites is 2. The van der Waals surface area contributed by atoms with Crippen LogP contribution >= 0.6 is 10.0 Å². The molecule has 1 aliphatic heterocycles. The molecule has 0 spiro atoms. The van der Waals surface area contributed by atoms with Crippen molar-refractivity contribution in [3.63, 3.8) is 0 Å². The van der Waals surface area contributed by atoms with E-state index in [1.165, 1.54) is 97.2 Å². The number of hydrogen-bond donors (Lipinski definition) is 0. The first-order valence-corrected chi connectivity index (χ1v) is 20.0. The van der Waals surface area contributed by atoms with Crippen LogP contribution in [0.2, 0.25) is 0 Å². The van der Waals surface area contributed by atoms with Crippen LogP contribution in [0.3, 0.4) is 0 Å². The summed E-state index contributed by atoms with van der Waals surface area (Å²) >= 11 is 0. The predicted molar refractivity (Wildman–Crippen MR) is 219 cm³/mol. The Morgan fingerprint density at radius 2 is 1.14 bits per heavy atom. The molecule has 0 amide bonds. The topological polar surface area (TPSA) is 18.1 Å². The smallest absolute Gasteiger partial charge is 0.136 e. The van der Waals surface area contributed by atoms with E-state index < -0.39 is 10.0 Å². The van der Waals surface area contributed by atoms with Gasteiger partial charge in [0.25, 0.3) is 0 Å². The quantitative estimate of drug-likeness (QED) is 0.168. The van der Waals surface area contributed by atoms with Crippen LogP contribution in [0.1, 0.15) is 0 Å². The lowest BCUT2D eigenvalue weighted by molar-refractivity contribution is 0.669. The molecular weight excluding hydrogens is 639 g/mol. The number of fused-ring (bicyclic) bond motifs is 10. The number of rotatable bonds is 2. The van der Waals surface area contributed by atoms with E-state index >= 15 is 0 Å². The van der Waals surface area contributed by atoms with Gasteiger partial charge in [0.05, 0.1) is 16.7 Å². The summed E-state index contributed by atoms with van der Waals surface area (Å²) in [6.07, 6.45) is 4.88. The van der Waals surface area contributed by atoms with Crippen LogP contribution in [-0.2, 0) is 0 Å². The van der Waals surface area contributed by atoms with Crippen molar-refractivity contribution in [1.29, 1.82) is 0 Å². The van der Waals surface area contributed by atoms with Crippen molar-refractivity contribution in [3.8, 4) is 27.9 Å². The van der Waals surface area contributed by atoms with Gasteiger partial charge in [0.15, 0.2) is 0 Å². The molecule has 0 saturated carbocycles. The first kappa shape index (κ1) is 27.8. The van der Waals surface area contributed by atoms with Crippen LogP contribution in [0, 0.1) is 0 Å². The van der Waals surface area contributed by atoms with Gasteiger partial charge in [-0.05, 0) is 110 Å². The third kappa shape index (κ3) is 3.54. The van der Waals surface area contributed by atoms with Gasteiger partial charge in [0.1, 0.15) is 11.2 Å². The minimum Gasteiger partial charge on any atom is -0.456 e. The SMILES string of the molecule is CS1(C)c2ccccc2-c2ccc(-c3ccc4c(c3)c3ccccc3n4-c3cc4c5c(cc6ccc7cccc3c7c64)oc3ccccc35)cc21. The highest BCUT2D eigenvalue weighted by atomic mass is 32.3. The number of aromatic nitrogens is 1. The molecule has 0 unspecified atom stereocenters. The van der Waals surface area contributed by atoms with E-state index in [2.05, 4.69) is 169 Å². The Balaban J connectivity index is 1.15. The predicted octanol–water partition coefficient (Wildman–Crippen LogP) is 13.7. The zero-order chi connectivity index (χ0) is 33.6. The Morgan fingerprint density at radius 1 is 0.431 bits per heavy atom. The maximum absolute atomic E-state index is 6.48. The summed E-state index contributed by atoms with van der Waals surface area (Å²) in [5.74, 6) is 0. The zero-order valence-electron chi connectivity index (χ0n) is 28.2. The van der Waals surface area contributed by atoms with Crippen LogP contribution in [0.15, 0.2) is 166 Å². The van der Waals surface area contributed by atoms with E-state index in [0.717, 1.165) is 16.6 Å². The van der Waals surface area contributed by atoms with E-state index in [9.17, 15) is 0 Å². The van der Waals surface area contributed by atoms with Crippen LogP contribution in [0.4, 0.5) is 0 Å². The highest BCUT2D eigenvalue weighted by molar-refractivity contribution is 8.33.